The van der Waals surface area contributed by atoms with Crippen LogP contribution >= 0.6 is 0 Å². The minimum Gasteiger partial charge on any atom is -0.398 e. The molecule has 1 heterocycles. The number of anilines is 1. The molecule has 2 nitrogen and oxygen atoms in total. The number of aromatic nitrogens is 1. The first-order valence-electron chi connectivity index (χ1n) is 3.54. The number of nitrogens with zero attached hydrogens (tertiary/aromatic N) is 1. The Morgan fingerprint density at radius 1 is 1.42 bits per heavy atom. The van der Waals surface area contributed by atoms with Crippen LogP contribution in [0.25, 0.3) is 0 Å². The third-order valence-corrected chi connectivity index (χ3v) is 1.69. The average molecular weight is 172 g/mol. The molecule has 0 spiro atoms. The topological polar surface area (TPSA) is 38.9 Å². The molecule has 0 aliphatic carbocycles. The molecular weight excluding hydrogens is 162 g/mol. The van der Waals surface area contributed by atoms with Crippen molar-refractivity contribution < 1.29 is 8.78 Å². The lowest BCUT2D eigenvalue weighted by Gasteiger charge is -2.07. The summed E-state index contributed by atoms with van der Waals surface area (Å²) in [6, 6.07) is 1.58. The van der Waals surface area contributed by atoms with Crippen LogP contribution in [0.1, 0.15) is 23.4 Å². The predicted molar refractivity (Wildman–Crippen MR) is 43.1 cm³/mol. The molecule has 1 aromatic rings. The standard InChI is InChI=1S/C8H10F2N2/c1-4-3-6(11)5(2)7(12-4)8(9)10/h3,8H,1-2H3,(H2,11,12). The monoisotopic (exact) mass is 172 g/mol. The molecule has 0 amide bonds. The fraction of sp³-hybridized carbons (Fsp3) is 0.375. The second-order valence-electron chi connectivity index (χ2n) is 2.66. The van der Waals surface area contributed by atoms with E-state index in [1.165, 1.54) is 0 Å². The molecule has 1 aromatic heterocycles. The van der Waals surface area contributed by atoms with Crippen LogP contribution < -0.4 is 5.73 Å². The van der Waals surface area contributed by atoms with E-state index in [0.717, 1.165) is 0 Å². The van der Waals surface area contributed by atoms with Crippen molar-refractivity contribution in [3.05, 3.63) is 23.0 Å². The van der Waals surface area contributed by atoms with Crippen LogP contribution in [0.3, 0.4) is 0 Å². The highest BCUT2D eigenvalue weighted by molar-refractivity contribution is 5.49. The molecule has 0 saturated carbocycles. The van der Waals surface area contributed by atoms with E-state index in [1.54, 1.807) is 19.9 Å². The summed E-state index contributed by atoms with van der Waals surface area (Å²) >= 11 is 0. The lowest BCUT2D eigenvalue weighted by Crippen LogP contribution is -2.01. The predicted octanol–water partition coefficient (Wildman–Crippen LogP) is 2.22. The Morgan fingerprint density at radius 2 is 2.00 bits per heavy atom. The molecule has 2 N–H and O–H groups in total. The van der Waals surface area contributed by atoms with Crippen molar-refractivity contribution >= 4 is 5.69 Å². The van der Waals surface area contributed by atoms with Gasteiger partial charge in [-0.1, -0.05) is 0 Å². The Bertz CT molecular complexity index is 297. The summed E-state index contributed by atoms with van der Waals surface area (Å²) in [6.45, 7) is 3.19. The van der Waals surface area contributed by atoms with Gasteiger partial charge in [-0.15, -0.1) is 0 Å². The molecule has 0 radical (unpaired) electrons. The first-order valence-corrected chi connectivity index (χ1v) is 3.54. The van der Waals surface area contributed by atoms with Crippen LogP contribution in [0.5, 0.6) is 0 Å². The van der Waals surface area contributed by atoms with Crippen molar-refractivity contribution in [3.8, 4) is 0 Å². The lowest BCUT2D eigenvalue weighted by atomic mass is 10.1. The van der Waals surface area contributed by atoms with Gasteiger partial charge in [0.05, 0.1) is 0 Å². The number of alkyl halides is 2. The van der Waals surface area contributed by atoms with E-state index < -0.39 is 6.43 Å². The van der Waals surface area contributed by atoms with E-state index in [0.29, 0.717) is 16.9 Å². The van der Waals surface area contributed by atoms with E-state index in [-0.39, 0.29) is 5.69 Å². The Labute approximate surface area is 69.4 Å². The molecular formula is C8H10F2N2. The van der Waals surface area contributed by atoms with Crippen molar-refractivity contribution in [1.82, 2.24) is 4.98 Å². The number of nitrogens with two attached hydrogens (primary N) is 1. The largest absolute Gasteiger partial charge is 0.398 e. The van der Waals surface area contributed by atoms with Crippen molar-refractivity contribution in [1.29, 1.82) is 0 Å². The molecule has 0 aliphatic heterocycles. The second-order valence-corrected chi connectivity index (χ2v) is 2.66. The maximum absolute atomic E-state index is 12.3. The van der Waals surface area contributed by atoms with Crippen LogP contribution in [-0.4, -0.2) is 4.98 Å². The van der Waals surface area contributed by atoms with Crippen LogP contribution in [0.2, 0.25) is 0 Å². The number of halogens is 2. The number of nitrogen functional groups attached to an aromatic ring is 1. The van der Waals surface area contributed by atoms with Gasteiger partial charge in [-0.2, -0.15) is 0 Å². The van der Waals surface area contributed by atoms with E-state index in [2.05, 4.69) is 4.98 Å². The first kappa shape index (κ1) is 8.90. The summed E-state index contributed by atoms with van der Waals surface area (Å²) in [4.78, 5) is 3.70. The minimum absolute atomic E-state index is 0.215. The quantitative estimate of drug-likeness (QED) is 0.705. The van der Waals surface area contributed by atoms with Crippen molar-refractivity contribution in [3.63, 3.8) is 0 Å². The van der Waals surface area contributed by atoms with E-state index >= 15 is 0 Å². The Morgan fingerprint density at radius 3 is 2.50 bits per heavy atom. The smallest absolute Gasteiger partial charge is 0.280 e. The SMILES string of the molecule is Cc1cc(N)c(C)c(C(F)F)n1. The van der Waals surface area contributed by atoms with Gasteiger partial charge in [0.25, 0.3) is 6.43 Å². The van der Waals surface area contributed by atoms with Gasteiger partial charge >= 0.3 is 0 Å². The molecule has 0 unspecified atom stereocenters. The fourth-order valence-electron chi connectivity index (χ4n) is 1.000. The molecule has 4 heteroatoms. The maximum atomic E-state index is 12.3. The lowest BCUT2D eigenvalue weighted by molar-refractivity contribution is 0.145. The maximum Gasteiger partial charge on any atom is 0.280 e. The van der Waals surface area contributed by atoms with Crippen LogP contribution in [-0.2, 0) is 0 Å². The number of hydrogen-bond acceptors (Lipinski definition) is 2. The highest BCUT2D eigenvalue weighted by Gasteiger charge is 2.14. The Hall–Kier alpha value is -1.19. The summed E-state index contributed by atoms with van der Waals surface area (Å²) in [6.07, 6.45) is -2.55. The Kier molecular flexibility index (Phi) is 2.26. The number of aryl methyl sites for hydroxylation is 1. The molecule has 0 atom stereocenters. The summed E-state index contributed by atoms with van der Waals surface area (Å²) in [5.74, 6) is 0. The van der Waals surface area contributed by atoms with E-state index in [4.69, 9.17) is 5.73 Å². The number of hydrogen-bond donors (Lipinski definition) is 1. The zero-order valence-electron chi connectivity index (χ0n) is 6.94. The van der Waals surface area contributed by atoms with Gasteiger partial charge in [0.1, 0.15) is 5.69 Å². The molecule has 0 aromatic carbocycles. The molecule has 0 fully saturated rings. The van der Waals surface area contributed by atoms with Gasteiger partial charge < -0.3 is 5.73 Å². The molecule has 0 aliphatic rings. The van der Waals surface area contributed by atoms with Gasteiger partial charge in [-0.3, -0.25) is 4.98 Å². The molecule has 0 bridgehead atoms. The number of pyridine rings is 1. The molecule has 66 valence electrons. The van der Waals surface area contributed by atoms with Gasteiger partial charge in [-0.25, -0.2) is 8.78 Å². The van der Waals surface area contributed by atoms with Crippen LogP contribution in [0, 0.1) is 13.8 Å². The zero-order chi connectivity index (χ0) is 9.30. The third kappa shape index (κ3) is 1.52. The third-order valence-electron chi connectivity index (χ3n) is 1.69. The summed E-state index contributed by atoms with van der Waals surface area (Å²) < 4.78 is 24.5. The summed E-state index contributed by atoms with van der Waals surface area (Å²) in [5.41, 5.74) is 6.54. The number of rotatable bonds is 1. The minimum atomic E-state index is -2.55. The van der Waals surface area contributed by atoms with Gasteiger partial charge in [0.15, 0.2) is 0 Å². The molecule has 1 rings (SSSR count). The normalized spacial score (nSPS) is 10.8. The second kappa shape index (κ2) is 3.05. The summed E-state index contributed by atoms with van der Waals surface area (Å²) in [7, 11) is 0. The van der Waals surface area contributed by atoms with E-state index in [9.17, 15) is 8.78 Å². The van der Waals surface area contributed by atoms with Gasteiger partial charge in [-0.05, 0) is 25.5 Å². The van der Waals surface area contributed by atoms with Crippen molar-refractivity contribution in [2.75, 3.05) is 5.73 Å². The van der Waals surface area contributed by atoms with Gasteiger partial charge in [0, 0.05) is 11.4 Å². The summed E-state index contributed by atoms with van der Waals surface area (Å²) in [5, 5.41) is 0. The highest BCUT2D eigenvalue weighted by Crippen LogP contribution is 2.24. The fourth-order valence-corrected chi connectivity index (χ4v) is 1.000. The zero-order valence-corrected chi connectivity index (χ0v) is 6.94. The molecule has 0 saturated heterocycles. The van der Waals surface area contributed by atoms with Crippen molar-refractivity contribution in [2.24, 2.45) is 0 Å². The average Bonchev–Trinajstić information content (AvgIpc) is 1.96. The first-order chi connectivity index (χ1) is 5.52. The highest BCUT2D eigenvalue weighted by atomic mass is 19.3. The van der Waals surface area contributed by atoms with Gasteiger partial charge in [0.2, 0.25) is 0 Å². The Balaban J connectivity index is 3.28. The van der Waals surface area contributed by atoms with Crippen LogP contribution in [0.4, 0.5) is 14.5 Å². The van der Waals surface area contributed by atoms with E-state index in [1.807, 2.05) is 0 Å². The van der Waals surface area contributed by atoms with Crippen LogP contribution in [0.15, 0.2) is 6.07 Å². The van der Waals surface area contributed by atoms with Crippen molar-refractivity contribution in [2.45, 2.75) is 20.3 Å². The molecule has 12 heavy (non-hydrogen) atoms.